The first kappa shape index (κ1) is 16.0. The van der Waals surface area contributed by atoms with Crippen molar-refractivity contribution in [3.8, 4) is 0 Å². The fraction of sp³-hybridized carbons (Fsp3) is 0.176. The van der Waals surface area contributed by atoms with E-state index in [1.165, 1.54) is 23.9 Å². The largest absolute Gasteiger partial charge is 0.492 e. The van der Waals surface area contributed by atoms with Crippen LogP contribution in [0, 0.1) is 17.5 Å². The molecule has 23 heavy (non-hydrogen) atoms. The quantitative estimate of drug-likeness (QED) is 0.841. The van der Waals surface area contributed by atoms with Crippen LogP contribution in [0.25, 0.3) is 11.8 Å². The lowest BCUT2D eigenvalue weighted by molar-refractivity contribution is 0.280. The van der Waals surface area contributed by atoms with E-state index >= 15 is 0 Å². The van der Waals surface area contributed by atoms with Gasteiger partial charge in [0.15, 0.2) is 11.6 Å². The molecule has 2 aromatic rings. The second-order valence-electron chi connectivity index (χ2n) is 5.01. The maximum atomic E-state index is 13.7. The van der Waals surface area contributed by atoms with Gasteiger partial charge in [-0.2, -0.15) is 0 Å². The normalized spacial score (nSPS) is 13.0. The second-order valence-corrected chi connectivity index (χ2v) is 6.09. The topological polar surface area (TPSA) is 21.3 Å². The Morgan fingerprint density at radius 2 is 1.83 bits per heavy atom. The highest BCUT2D eigenvalue weighted by molar-refractivity contribution is 7.99. The van der Waals surface area contributed by atoms with Gasteiger partial charge in [0.05, 0.1) is 0 Å². The van der Waals surface area contributed by atoms with Crippen LogP contribution in [-0.2, 0) is 4.74 Å². The van der Waals surface area contributed by atoms with E-state index in [0.29, 0.717) is 34.9 Å². The first-order chi connectivity index (χ1) is 11.1. The maximum Gasteiger partial charge on any atom is 0.160 e. The highest BCUT2D eigenvalue weighted by atomic mass is 32.2. The molecule has 6 heteroatoms. The number of likely N-dealkylation sites (N-methyl/N-ethyl adjacent to an activating group) is 1. The summed E-state index contributed by atoms with van der Waals surface area (Å²) >= 11 is 1.26. The maximum absolute atomic E-state index is 13.7. The smallest absolute Gasteiger partial charge is 0.160 e. The Balaban J connectivity index is 2.11. The molecule has 0 atom stereocenters. The summed E-state index contributed by atoms with van der Waals surface area (Å²) in [6, 6.07) is 6.59. The zero-order valence-corrected chi connectivity index (χ0v) is 13.1. The molecule has 0 unspecified atom stereocenters. The third-order valence-electron chi connectivity index (χ3n) is 3.38. The van der Waals surface area contributed by atoms with Gasteiger partial charge in [-0.25, -0.2) is 13.2 Å². The van der Waals surface area contributed by atoms with E-state index in [9.17, 15) is 13.2 Å². The molecule has 0 amide bonds. The van der Waals surface area contributed by atoms with Crippen molar-refractivity contribution in [2.45, 2.75) is 9.79 Å². The van der Waals surface area contributed by atoms with Gasteiger partial charge >= 0.3 is 0 Å². The van der Waals surface area contributed by atoms with Crippen LogP contribution in [0.1, 0.15) is 11.1 Å². The van der Waals surface area contributed by atoms with Crippen LogP contribution in [-0.4, -0.2) is 20.2 Å². The van der Waals surface area contributed by atoms with Crippen molar-refractivity contribution < 1.29 is 17.9 Å². The van der Waals surface area contributed by atoms with Crippen LogP contribution in [0.2, 0.25) is 0 Å². The number of ether oxygens (including phenoxy) is 1. The lowest BCUT2D eigenvalue weighted by Crippen LogP contribution is -2.14. The SMILES string of the molecule is CNCCOC1=Cc2cc(F)ccc2Sc2cc(F)c(F)cc21. The number of fused-ring (bicyclic) bond motifs is 2. The zero-order chi connectivity index (χ0) is 16.4. The second kappa shape index (κ2) is 6.68. The predicted octanol–water partition coefficient (Wildman–Crippen LogP) is 4.30. The van der Waals surface area contributed by atoms with Crippen LogP contribution in [0.15, 0.2) is 40.1 Å². The number of halogens is 3. The fourth-order valence-electron chi connectivity index (χ4n) is 2.25. The van der Waals surface area contributed by atoms with Crippen molar-refractivity contribution >= 4 is 23.6 Å². The standard InChI is InChI=1S/C17H14F3NOS/c1-21-4-5-22-15-7-10-6-11(18)2-3-16(10)23-17-9-14(20)13(19)8-12(15)17/h2-3,6-9,21H,4-5H2,1H3. The Bertz CT molecular complexity index is 777. The summed E-state index contributed by atoms with van der Waals surface area (Å²) in [6.45, 7) is 0.954. The number of hydrogen-bond acceptors (Lipinski definition) is 3. The molecular weight excluding hydrogens is 323 g/mol. The molecule has 120 valence electrons. The number of rotatable bonds is 4. The van der Waals surface area contributed by atoms with Crippen LogP contribution < -0.4 is 5.32 Å². The predicted molar refractivity (Wildman–Crippen MR) is 84.6 cm³/mol. The van der Waals surface area contributed by atoms with E-state index < -0.39 is 11.6 Å². The van der Waals surface area contributed by atoms with Crippen molar-refractivity contribution in [1.29, 1.82) is 0 Å². The van der Waals surface area contributed by atoms with Gasteiger partial charge in [-0.3, -0.25) is 0 Å². The van der Waals surface area contributed by atoms with Gasteiger partial charge in [0.25, 0.3) is 0 Å². The third kappa shape index (κ3) is 3.38. The Labute approximate surface area is 136 Å². The van der Waals surface area contributed by atoms with Crippen molar-refractivity contribution in [3.63, 3.8) is 0 Å². The lowest BCUT2D eigenvalue weighted by atomic mass is 10.1. The minimum Gasteiger partial charge on any atom is -0.492 e. The molecule has 1 aliphatic rings. The van der Waals surface area contributed by atoms with Crippen LogP contribution in [0.4, 0.5) is 13.2 Å². The van der Waals surface area contributed by atoms with Gasteiger partial charge in [0, 0.05) is 21.9 Å². The third-order valence-corrected chi connectivity index (χ3v) is 4.53. The van der Waals surface area contributed by atoms with Crippen LogP contribution in [0.3, 0.4) is 0 Å². The molecule has 0 aromatic heterocycles. The minimum atomic E-state index is -0.940. The van der Waals surface area contributed by atoms with E-state index in [4.69, 9.17) is 4.74 Å². The van der Waals surface area contributed by atoms with E-state index in [1.807, 2.05) is 0 Å². The average molecular weight is 337 g/mol. The number of nitrogens with one attached hydrogen (secondary N) is 1. The summed E-state index contributed by atoms with van der Waals surface area (Å²) in [5.41, 5.74) is 1.08. The van der Waals surface area contributed by atoms with Gasteiger partial charge in [-0.05, 0) is 49.0 Å². The Morgan fingerprint density at radius 3 is 2.61 bits per heavy atom. The van der Waals surface area contributed by atoms with E-state index in [2.05, 4.69) is 5.32 Å². The molecule has 0 bridgehead atoms. The Hall–Kier alpha value is -1.92. The van der Waals surface area contributed by atoms with Crippen molar-refractivity contribution in [1.82, 2.24) is 5.32 Å². The summed E-state index contributed by atoms with van der Waals surface area (Å²) in [7, 11) is 1.79. The van der Waals surface area contributed by atoms with Crippen LogP contribution >= 0.6 is 11.8 Å². The van der Waals surface area contributed by atoms with Gasteiger partial charge in [0.1, 0.15) is 18.2 Å². The Morgan fingerprint density at radius 1 is 1.04 bits per heavy atom. The average Bonchev–Trinajstić information content (AvgIpc) is 2.65. The van der Waals surface area contributed by atoms with Crippen molar-refractivity contribution in [2.75, 3.05) is 20.2 Å². The monoisotopic (exact) mass is 337 g/mol. The Kier molecular flexibility index (Phi) is 4.63. The summed E-state index contributed by atoms with van der Waals surface area (Å²) in [4.78, 5) is 1.29. The first-order valence-corrected chi connectivity index (χ1v) is 7.86. The summed E-state index contributed by atoms with van der Waals surface area (Å²) in [6.07, 6.45) is 1.66. The molecule has 1 aliphatic heterocycles. The highest BCUT2D eigenvalue weighted by Crippen LogP contribution is 2.41. The van der Waals surface area contributed by atoms with Crippen molar-refractivity contribution in [3.05, 3.63) is 58.9 Å². The summed E-state index contributed by atoms with van der Waals surface area (Å²) in [5, 5.41) is 2.94. The van der Waals surface area contributed by atoms with E-state index in [-0.39, 0.29) is 5.82 Å². The van der Waals surface area contributed by atoms with Gasteiger partial charge in [-0.15, -0.1) is 0 Å². The number of benzene rings is 2. The minimum absolute atomic E-state index is 0.357. The molecule has 1 N–H and O–H groups in total. The first-order valence-electron chi connectivity index (χ1n) is 7.04. The van der Waals surface area contributed by atoms with Gasteiger partial charge < -0.3 is 10.1 Å². The zero-order valence-electron chi connectivity index (χ0n) is 12.3. The molecule has 0 fully saturated rings. The summed E-state index contributed by atoms with van der Waals surface area (Å²) < 4.78 is 46.5. The molecule has 0 spiro atoms. The highest BCUT2D eigenvalue weighted by Gasteiger charge is 2.20. The van der Waals surface area contributed by atoms with Crippen molar-refractivity contribution in [2.24, 2.45) is 0 Å². The lowest BCUT2D eigenvalue weighted by Gasteiger charge is -2.12. The fourth-order valence-corrected chi connectivity index (χ4v) is 3.29. The van der Waals surface area contributed by atoms with Crippen LogP contribution in [0.5, 0.6) is 0 Å². The van der Waals surface area contributed by atoms with E-state index in [0.717, 1.165) is 17.0 Å². The van der Waals surface area contributed by atoms with Gasteiger partial charge in [0.2, 0.25) is 0 Å². The molecule has 3 rings (SSSR count). The molecule has 0 saturated carbocycles. The number of hydrogen-bond donors (Lipinski definition) is 1. The molecule has 2 nitrogen and oxygen atoms in total. The summed E-state index contributed by atoms with van der Waals surface area (Å²) in [5.74, 6) is -1.84. The molecule has 0 saturated heterocycles. The molecular formula is C17H14F3NOS. The van der Waals surface area contributed by atoms with Gasteiger partial charge in [-0.1, -0.05) is 11.8 Å². The molecule has 1 heterocycles. The van der Waals surface area contributed by atoms with E-state index in [1.54, 1.807) is 19.2 Å². The molecule has 2 aromatic carbocycles. The molecule has 0 aliphatic carbocycles. The molecule has 0 radical (unpaired) electrons.